The van der Waals surface area contributed by atoms with Crippen molar-refractivity contribution >= 4 is 11.3 Å². The highest BCUT2D eigenvalue weighted by Gasteiger charge is 2.21. The molecule has 0 aliphatic rings. The normalized spacial score (nSPS) is 12.2. The SMILES string of the molecule is COc1cnc(C(O)c2cnc(C)s2)c(OC)n1. The largest absolute Gasteiger partial charge is 0.480 e. The second-order valence-electron chi connectivity index (χ2n) is 3.49. The summed E-state index contributed by atoms with van der Waals surface area (Å²) in [4.78, 5) is 13.0. The maximum absolute atomic E-state index is 10.2. The van der Waals surface area contributed by atoms with Gasteiger partial charge in [0.2, 0.25) is 11.8 Å². The van der Waals surface area contributed by atoms with Gasteiger partial charge in [-0.05, 0) is 6.92 Å². The maximum atomic E-state index is 10.2. The molecule has 2 aromatic rings. The van der Waals surface area contributed by atoms with Gasteiger partial charge in [-0.3, -0.25) is 0 Å². The fourth-order valence-electron chi connectivity index (χ4n) is 1.44. The van der Waals surface area contributed by atoms with E-state index in [4.69, 9.17) is 9.47 Å². The first-order valence-corrected chi connectivity index (χ1v) is 6.02. The predicted octanol–water partition coefficient (Wildman–Crippen LogP) is 1.34. The van der Waals surface area contributed by atoms with Crippen molar-refractivity contribution in [1.82, 2.24) is 15.0 Å². The van der Waals surface area contributed by atoms with Gasteiger partial charge < -0.3 is 14.6 Å². The number of methoxy groups -OCH3 is 2. The molecule has 0 radical (unpaired) electrons. The van der Waals surface area contributed by atoms with E-state index < -0.39 is 6.10 Å². The fraction of sp³-hybridized carbons (Fsp3) is 0.364. The minimum atomic E-state index is -0.899. The van der Waals surface area contributed by atoms with Crippen molar-refractivity contribution in [2.45, 2.75) is 13.0 Å². The molecule has 0 bridgehead atoms. The number of aryl methyl sites for hydroxylation is 1. The molecule has 18 heavy (non-hydrogen) atoms. The van der Waals surface area contributed by atoms with Gasteiger partial charge in [-0.1, -0.05) is 0 Å². The molecular formula is C11H13N3O3S. The summed E-state index contributed by atoms with van der Waals surface area (Å²) in [6.45, 7) is 1.87. The van der Waals surface area contributed by atoms with Crippen molar-refractivity contribution in [3.63, 3.8) is 0 Å². The third-order valence-corrected chi connectivity index (χ3v) is 3.28. The Hall–Kier alpha value is -1.73. The monoisotopic (exact) mass is 267 g/mol. The van der Waals surface area contributed by atoms with E-state index >= 15 is 0 Å². The quantitative estimate of drug-likeness (QED) is 0.900. The zero-order chi connectivity index (χ0) is 13.1. The molecule has 0 fully saturated rings. The average Bonchev–Trinajstić information content (AvgIpc) is 2.83. The van der Waals surface area contributed by atoms with Crippen LogP contribution >= 0.6 is 11.3 Å². The molecule has 1 atom stereocenters. The van der Waals surface area contributed by atoms with Gasteiger partial charge in [-0.25, -0.2) is 9.97 Å². The Bertz CT molecular complexity index is 544. The summed E-state index contributed by atoms with van der Waals surface area (Å²) in [5.74, 6) is 0.580. The first kappa shape index (κ1) is 12.7. The van der Waals surface area contributed by atoms with Crippen LogP contribution in [0.25, 0.3) is 0 Å². The second-order valence-corrected chi connectivity index (χ2v) is 4.76. The highest BCUT2D eigenvalue weighted by molar-refractivity contribution is 7.11. The number of aliphatic hydroxyl groups excluding tert-OH is 1. The minimum absolute atomic E-state index is 0.243. The van der Waals surface area contributed by atoms with Gasteiger partial charge >= 0.3 is 0 Å². The standard InChI is InChI=1S/C11H13N3O3S/c1-6-12-4-7(18-6)10(15)9-11(17-3)14-8(16-2)5-13-9/h4-5,10,15H,1-3H3. The molecule has 96 valence electrons. The zero-order valence-corrected chi connectivity index (χ0v) is 11.1. The summed E-state index contributed by atoms with van der Waals surface area (Å²) >= 11 is 1.40. The Balaban J connectivity index is 2.38. The zero-order valence-electron chi connectivity index (χ0n) is 10.2. The lowest BCUT2D eigenvalue weighted by Crippen LogP contribution is -2.06. The number of hydrogen-bond donors (Lipinski definition) is 1. The third-order valence-electron chi connectivity index (χ3n) is 2.32. The van der Waals surface area contributed by atoms with Gasteiger partial charge in [-0.2, -0.15) is 4.98 Å². The summed E-state index contributed by atoms with van der Waals surface area (Å²) in [5.41, 5.74) is 0.349. The van der Waals surface area contributed by atoms with Crippen LogP contribution in [0.5, 0.6) is 11.8 Å². The summed E-state index contributed by atoms with van der Waals surface area (Å²) < 4.78 is 10.1. The van der Waals surface area contributed by atoms with Crippen molar-refractivity contribution in [3.8, 4) is 11.8 Å². The molecule has 0 aliphatic carbocycles. The van der Waals surface area contributed by atoms with E-state index in [1.165, 1.54) is 31.8 Å². The summed E-state index contributed by atoms with van der Waals surface area (Å²) in [6.07, 6.45) is 2.16. The molecule has 0 saturated heterocycles. The summed E-state index contributed by atoms with van der Waals surface area (Å²) in [7, 11) is 2.96. The van der Waals surface area contributed by atoms with Crippen LogP contribution in [-0.4, -0.2) is 34.3 Å². The molecule has 2 aromatic heterocycles. The van der Waals surface area contributed by atoms with Crippen LogP contribution in [0.1, 0.15) is 21.7 Å². The van der Waals surface area contributed by atoms with E-state index in [1.54, 1.807) is 6.20 Å². The second kappa shape index (κ2) is 5.28. The molecular weight excluding hydrogens is 254 g/mol. The van der Waals surface area contributed by atoms with E-state index in [0.29, 0.717) is 16.5 Å². The number of aromatic nitrogens is 3. The number of rotatable bonds is 4. The Morgan fingerprint density at radius 3 is 2.56 bits per heavy atom. The average molecular weight is 267 g/mol. The van der Waals surface area contributed by atoms with Crippen LogP contribution in [0, 0.1) is 6.92 Å². The van der Waals surface area contributed by atoms with E-state index in [1.807, 2.05) is 6.92 Å². The van der Waals surface area contributed by atoms with E-state index in [-0.39, 0.29) is 5.88 Å². The molecule has 1 unspecified atom stereocenters. The van der Waals surface area contributed by atoms with Gasteiger partial charge in [0, 0.05) is 6.20 Å². The smallest absolute Gasteiger partial charge is 0.241 e. The number of nitrogens with zero attached hydrogens (tertiary/aromatic N) is 3. The first-order valence-electron chi connectivity index (χ1n) is 5.21. The minimum Gasteiger partial charge on any atom is -0.480 e. The molecule has 2 rings (SSSR count). The van der Waals surface area contributed by atoms with Crippen LogP contribution in [0.15, 0.2) is 12.4 Å². The van der Waals surface area contributed by atoms with E-state index in [0.717, 1.165) is 5.01 Å². The number of thiazole rings is 1. The Morgan fingerprint density at radius 2 is 2.00 bits per heavy atom. The van der Waals surface area contributed by atoms with Crippen molar-refractivity contribution in [1.29, 1.82) is 0 Å². The molecule has 0 aliphatic heterocycles. The molecule has 0 aromatic carbocycles. The third kappa shape index (κ3) is 2.41. The number of ether oxygens (including phenoxy) is 2. The van der Waals surface area contributed by atoms with Crippen LogP contribution in [-0.2, 0) is 0 Å². The van der Waals surface area contributed by atoms with E-state index in [2.05, 4.69) is 15.0 Å². The predicted molar refractivity (Wildman–Crippen MR) is 66.0 cm³/mol. The van der Waals surface area contributed by atoms with Crippen molar-refractivity contribution in [3.05, 3.63) is 28.0 Å². The lowest BCUT2D eigenvalue weighted by molar-refractivity contribution is 0.210. The van der Waals surface area contributed by atoms with Gasteiger partial charge in [0.15, 0.2) is 0 Å². The van der Waals surface area contributed by atoms with Gasteiger partial charge in [0.1, 0.15) is 11.8 Å². The molecule has 6 nitrogen and oxygen atoms in total. The highest BCUT2D eigenvalue weighted by Crippen LogP contribution is 2.30. The summed E-state index contributed by atoms with van der Waals surface area (Å²) in [5, 5.41) is 11.1. The van der Waals surface area contributed by atoms with Gasteiger partial charge in [-0.15, -0.1) is 11.3 Å². The first-order chi connectivity index (χ1) is 8.65. The van der Waals surface area contributed by atoms with Crippen molar-refractivity contribution in [2.24, 2.45) is 0 Å². The van der Waals surface area contributed by atoms with Crippen molar-refractivity contribution < 1.29 is 14.6 Å². The molecule has 7 heteroatoms. The van der Waals surface area contributed by atoms with Crippen LogP contribution in [0.2, 0.25) is 0 Å². The Kier molecular flexibility index (Phi) is 3.73. The molecule has 0 saturated carbocycles. The maximum Gasteiger partial charge on any atom is 0.241 e. The van der Waals surface area contributed by atoms with Gasteiger partial charge in [0.25, 0.3) is 0 Å². The van der Waals surface area contributed by atoms with Crippen molar-refractivity contribution in [2.75, 3.05) is 14.2 Å². The Labute approximate surface area is 108 Å². The number of hydrogen-bond acceptors (Lipinski definition) is 7. The molecule has 0 amide bonds. The molecule has 0 spiro atoms. The van der Waals surface area contributed by atoms with Crippen LogP contribution < -0.4 is 9.47 Å². The molecule has 1 N–H and O–H groups in total. The summed E-state index contributed by atoms with van der Waals surface area (Å²) in [6, 6.07) is 0. The van der Waals surface area contributed by atoms with Crippen LogP contribution in [0.3, 0.4) is 0 Å². The Morgan fingerprint density at radius 1 is 1.22 bits per heavy atom. The molecule has 2 heterocycles. The highest BCUT2D eigenvalue weighted by atomic mass is 32.1. The fourth-order valence-corrected chi connectivity index (χ4v) is 2.22. The van der Waals surface area contributed by atoms with Gasteiger partial charge in [0.05, 0.1) is 30.3 Å². The lowest BCUT2D eigenvalue weighted by Gasteiger charge is -2.11. The number of aliphatic hydroxyl groups is 1. The topological polar surface area (TPSA) is 77.4 Å². The lowest BCUT2D eigenvalue weighted by atomic mass is 10.2. The van der Waals surface area contributed by atoms with E-state index in [9.17, 15) is 5.11 Å². The van der Waals surface area contributed by atoms with Crippen LogP contribution in [0.4, 0.5) is 0 Å².